The Labute approximate surface area is 151 Å². The standard InChI is InChI=1S/C19H29N5O/c1-15(2)18(12-20)23-8-10-24(11-9-23)19(25)14-22(4)16(3)17-6-5-7-21-13-17/h5-7,13,15-16,18H,8-11,14H2,1-4H3/t16-,18-/m1/s1. The first-order valence-electron chi connectivity index (χ1n) is 8.95. The quantitative estimate of drug-likeness (QED) is 0.788. The predicted octanol–water partition coefficient (Wildman–Crippen LogP) is 1.77. The minimum atomic E-state index is -0.0643. The molecule has 0 saturated carbocycles. The molecule has 0 N–H and O–H groups in total. The molecule has 25 heavy (non-hydrogen) atoms. The summed E-state index contributed by atoms with van der Waals surface area (Å²) in [6.07, 6.45) is 3.60. The first-order valence-corrected chi connectivity index (χ1v) is 8.95. The molecular formula is C19H29N5O. The Morgan fingerprint density at radius 2 is 2.00 bits per heavy atom. The average Bonchev–Trinajstić information content (AvgIpc) is 2.62. The van der Waals surface area contributed by atoms with Crippen molar-refractivity contribution in [3.63, 3.8) is 0 Å². The molecule has 1 aromatic rings. The summed E-state index contributed by atoms with van der Waals surface area (Å²) in [4.78, 5) is 22.9. The number of likely N-dealkylation sites (N-methyl/N-ethyl adjacent to an activating group) is 1. The van der Waals surface area contributed by atoms with Gasteiger partial charge in [0.1, 0.15) is 6.04 Å². The maximum Gasteiger partial charge on any atom is 0.236 e. The molecule has 0 radical (unpaired) electrons. The van der Waals surface area contributed by atoms with E-state index in [-0.39, 0.29) is 18.0 Å². The third kappa shape index (κ3) is 5.00. The fourth-order valence-corrected chi connectivity index (χ4v) is 3.23. The molecule has 0 unspecified atom stereocenters. The van der Waals surface area contributed by atoms with Crippen molar-refractivity contribution in [1.29, 1.82) is 5.26 Å². The minimum Gasteiger partial charge on any atom is -0.339 e. The van der Waals surface area contributed by atoms with Crippen LogP contribution in [0, 0.1) is 17.2 Å². The lowest BCUT2D eigenvalue weighted by Gasteiger charge is -2.38. The van der Waals surface area contributed by atoms with E-state index in [9.17, 15) is 10.1 Å². The van der Waals surface area contributed by atoms with Crippen molar-refractivity contribution in [3.05, 3.63) is 30.1 Å². The third-order valence-corrected chi connectivity index (χ3v) is 5.04. The van der Waals surface area contributed by atoms with Crippen molar-refractivity contribution in [2.24, 2.45) is 5.92 Å². The number of amides is 1. The Morgan fingerprint density at radius 3 is 2.52 bits per heavy atom. The number of nitrogens with zero attached hydrogens (tertiary/aromatic N) is 5. The molecule has 1 amide bonds. The summed E-state index contributed by atoms with van der Waals surface area (Å²) in [5.74, 6) is 0.453. The van der Waals surface area contributed by atoms with E-state index in [1.165, 1.54) is 0 Å². The van der Waals surface area contributed by atoms with E-state index < -0.39 is 0 Å². The molecule has 1 aliphatic rings. The highest BCUT2D eigenvalue weighted by Gasteiger charge is 2.28. The third-order valence-electron chi connectivity index (χ3n) is 5.04. The molecule has 2 atom stereocenters. The number of aromatic nitrogens is 1. The number of carbonyl (C=O) groups is 1. The number of piperazine rings is 1. The van der Waals surface area contributed by atoms with Crippen LogP contribution in [0.3, 0.4) is 0 Å². The van der Waals surface area contributed by atoms with Crippen LogP contribution in [0.4, 0.5) is 0 Å². The largest absolute Gasteiger partial charge is 0.339 e. The normalized spacial score (nSPS) is 18.2. The highest BCUT2D eigenvalue weighted by Crippen LogP contribution is 2.18. The Hall–Kier alpha value is -1.97. The van der Waals surface area contributed by atoms with Gasteiger partial charge in [-0.2, -0.15) is 5.26 Å². The van der Waals surface area contributed by atoms with Crippen LogP contribution in [-0.4, -0.2) is 71.4 Å². The van der Waals surface area contributed by atoms with Gasteiger partial charge in [-0.15, -0.1) is 0 Å². The van der Waals surface area contributed by atoms with Crippen molar-refractivity contribution in [2.75, 3.05) is 39.8 Å². The molecule has 1 fully saturated rings. The Kier molecular flexibility index (Phi) is 6.91. The molecule has 0 bridgehead atoms. The smallest absolute Gasteiger partial charge is 0.236 e. The van der Waals surface area contributed by atoms with Crippen LogP contribution in [0.15, 0.2) is 24.5 Å². The molecule has 6 heteroatoms. The molecule has 2 heterocycles. The Balaban J connectivity index is 1.85. The van der Waals surface area contributed by atoms with Crippen LogP contribution in [0.5, 0.6) is 0 Å². The monoisotopic (exact) mass is 343 g/mol. The number of rotatable bonds is 6. The number of nitriles is 1. The molecule has 2 rings (SSSR count). The summed E-state index contributed by atoms with van der Waals surface area (Å²) < 4.78 is 0. The van der Waals surface area contributed by atoms with Crippen LogP contribution < -0.4 is 0 Å². The molecule has 0 aromatic carbocycles. The van der Waals surface area contributed by atoms with Crippen molar-refractivity contribution in [1.82, 2.24) is 19.7 Å². The lowest BCUT2D eigenvalue weighted by Crippen LogP contribution is -2.54. The summed E-state index contributed by atoms with van der Waals surface area (Å²) in [7, 11) is 1.97. The van der Waals surface area contributed by atoms with Crippen molar-refractivity contribution >= 4 is 5.91 Å². The summed E-state index contributed by atoms with van der Waals surface area (Å²) in [5, 5.41) is 9.33. The SMILES string of the molecule is CC(C)[C@@H](C#N)N1CCN(C(=O)CN(C)[C@H](C)c2cccnc2)CC1. The number of carbonyl (C=O) groups excluding carboxylic acids is 1. The second-order valence-electron chi connectivity index (χ2n) is 7.11. The minimum absolute atomic E-state index is 0.0643. The molecule has 0 aliphatic carbocycles. The maximum atomic E-state index is 12.6. The van der Waals surface area contributed by atoms with Gasteiger partial charge in [-0.25, -0.2) is 0 Å². The van der Waals surface area contributed by atoms with Crippen LogP contribution in [0.1, 0.15) is 32.4 Å². The average molecular weight is 343 g/mol. The van der Waals surface area contributed by atoms with Crippen molar-refractivity contribution < 1.29 is 4.79 Å². The van der Waals surface area contributed by atoms with Gasteiger partial charge in [-0.1, -0.05) is 19.9 Å². The van der Waals surface area contributed by atoms with Gasteiger partial charge in [-0.05, 0) is 31.5 Å². The van der Waals surface area contributed by atoms with E-state index in [1.54, 1.807) is 6.20 Å². The van der Waals surface area contributed by atoms with E-state index in [0.29, 0.717) is 25.6 Å². The van der Waals surface area contributed by atoms with E-state index in [0.717, 1.165) is 18.7 Å². The molecular weight excluding hydrogens is 314 g/mol. The van der Waals surface area contributed by atoms with E-state index in [2.05, 4.69) is 41.6 Å². The summed E-state index contributed by atoms with van der Waals surface area (Å²) in [5.41, 5.74) is 1.11. The van der Waals surface area contributed by atoms with Crippen LogP contribution in [0.2, 0.25) is 0 Å². The topological polar surface area (TPSA) is 63.5 Å². The number of hydrogen-bond acceptors (Lipinski definition) is 5. The van der Waals surface area contributed by atoms with Crippen molar-refractivity contribution in [2.45, 2.75) is 32.9 Å². The second kappa shape index (κ2) is 8.93. The van der Waals surface area contributed by atoms with Gasteiger partial charge >= 0.3 is 0 Å². The molecule has 1 saturated heterocycles. The highest BCUT2D eigenvalue weighted by atomic mass is 16.2. The van der Waals surface area contributed by atoms with Gasteiger partial charge in [0.15, 0.2) is 0 Å². The number of pyridine rings is 1. The molecule has 1 aliphatic heterocycles. The Bertz CT molecular complexity index is 590. The van der Waals surface area contributed by atoms with Gasteiger partial charge in [0.2, 0.25) is 5.91 Å². The predicted molar refractivity (Wildman–Crippen MR) is 97.7 cm³/mol. The summed E-state index contributed by atoms with van der Waals surface area (Å²) >= 11 is 0. The highest BCUT2D eigenvalue weighted by molar-refractivity contribution is 5.78. The van der Waals surface area contributed by atoms with Crippen LogP contribution in [0.25, 0.3) is 0 Å². The van der Waals surface area contributed by atoms with Gasteiger partial charge in [0, 0.05) is 44.6 Å². The molecule has 136 valence electrons. The van der Waals surface area contributed by atoms with Gasteiger partial charge in [0.05, 0.1) is 12.6 Å². The van der Waals surface area contributed by atoms with E-state index >= 15 is 0 Å². The first kappa shape index (κ1) is 19.4. The maximum absolute atomic E-state index is 12.6. The van der Waals surface area contributed by atoms with E-state index in [4.69, 9.17) is 0 Å². The lowest BCUT2D eigenvalue weighted by molar-refractivity contribution is -0.134. The van der Waals surface area contributed by atoms with Gasteiger partial charge in [0.25, 0.3) is 0 Å². The fourth-order valence-electron chi connectivity index (χ4n) is 3.23. The van der Waals surface area contributed by atoms with Gasteiger partial charge in [-0.3, -0.25) is 19.6 Å². The molecule has 6 nitrogen and oxygen atoms in total. The fraction of sp³-hybridized carbons (Fsp3) is 0.632. The second-order valence-corrected chi connectivity index (χ2v) is 7.11. The summed E-state index contributed by atoms with van der Waals surface area (Å²) in [6.45, 7) is 9.54. The molecule has 0 spiro atoms. The van der Waals surface area contributed by atoms with Crippen LogP contribution >= 0.6 is 0 Å². The first-order chi connectivity index (χ1) is 11.9. The zero-order chi connectivity index (χ0) is 18.4. The number of hydrogen-bond donors (Lipinski definition) is 0. The zero-order valence-electron chi connectivity index (χ0n) is 15.7. The van der Waals surface area contributed by atoms with Crippen LogP contribution in [-0.2, 0) is 4.79 Å². The summed E-state index contributed by atoms with van der Waals surface area (Å²) in [6, 6.07) is 6.42. The Morgan fingerprint density at radius 1 is 1.32 bits per heavy atom. The van der Waals surface area contributed by atoms with Crippen molar-refractivity contribution in [3.8, 4) is 6.07 Å². The lowest BCUT2D eigenvalue weighted by atomic mass is 10.0. The molecule has 1 aromatic heterocycles. The van der Waals surface area contributed by atoms with E-state index in [1.807, 2.05) is 30.3 Å². The zero-order valence-corrected chi connectivity index (χ0v) is 15.7. The van der Waals surface area contributed by atoms with Gasteiger partial charge < -0.3 is 4.90 Å².